The van der Waals surface area contributed by atoms with Crippen molar-refractivity contribution in [3.05, 3.63) is 17.5 Å². The minimum absolute atomic E-state index is 0.237. The van der Waals surface area contributed by atoms with Crippen molar-refractivity contribution >= 4 is 0 Å². The molecule has 2 atom stereocenters. The molecule has 2 rings (SSSR count). The fourth-order valence-corrected chi connectivity index (χ4v) is 2.56. The van der Waals surface area contributed by atoms with Gasteiger partial charge in [-0.3, -0.25) is 9.58 Å². The average molecular weight is 222 g/mol. The molecule has 1 aliphatic rings. The van der Waals surface area contributed by atoms with Gasteiger partial charge in [-0.1, -0.05) is 6.92 Å². The van der Waals surface area contributed by atoms with E-state index < -0.39 is 0 Å². The Bertz CT molecular complexity index is 336. The summed E-state index contributed by atoms with van der Waals surface area (Å²) in [4.78, 5) is 2.46. The van der Waals surface area contributed by atoms with Gasteiger partial charge in [-0.2, -0.15) is 5.10 Å². The lowest BCUT2D eigenvalue weighted by molar-refractivity contribution is 0.243. The van der Waals surface area contributed by atoms with Gasteiger partial charge in [0.2, 0.25) is 0 Å². The molecule has 0 unspecified atom stereocenters. The van der Waals surface area contributed by atoms with Gasteiger partial charge in [-0.05, 0) is 32.4 Å². The summed E-state index contributed by atoms with van der Waals surface area (Å²) in [5.74, 6) is 0. The molecule has 4 nitrogen and oxygen atoms in total. The Labute approximate surface area is 97.4 Å². The average Bonchev–Trinajstić information content (AvgIpc) is 2.73. The molecular formula is C12H22N4. The van der Waals surface area contributed by atoms with Crippen molar-refractivity contribution in [2.75, 3.05) is 13.1 Å². The van der Waals surface area contributed by atoms with Crippen LogP contribution in [0.3, 0.4) is 0 Å². The zero-order valence-corrected chi connectivity index (χ0v) is 10.5. The van der Waals surface area contributed by atoms with Gasteiger partial charge in [-0.15, -0.1) is 0 Å². The van der Waals surface area contributed by atoms with E-state index in [1.165, 1.54) is 12.1 Å². The van der Waals surface area contributed by atoms with Crippen LogP contribution in [-0.4, -0.2) is 33.8 Å². The quantitative estimate of drug-likeness (QED) is 0.836. The van der Waals surface area contributed by atoms with Crippen molar-refractivity contribution in [1.29, 1.82) is 0 Å². The van der Waals surface area contributed by atoms with Crippen LogP contribution in [0.25, 0.3) is 0 Å². The summed E-state index contributed by atoms with van der Waals surface area (Å²) in [6.45, 7) is 6.52. The first-order valence-corrected chi connectivity index (χ1v) is 6.13. The second kappa shape index (κ2) is 4.55. The smallest absolute Gasteiger partial charge is 0.0814 e. The van der Waals surface area contributed by atoms with E-state index in [4.69, 9.17) is 5.73 Å². The van der Waals surface area contributed by atoms with Crippen molar-refractivity contribution in [3.63, 3.8) is 0 Å². The Morgan fingerprint density at radius 2 is 2.31 bits per heavy atom. The molecule has 1 aromatic heterocycles. The Kier molecular flexibility index (Phi) is 3.30. The maximum absolute atomic E-state index is 6.20. The predicted octanol–water partition coefficient (Wildman–Crippen LogP) is 1.21. The van der Waals surface area contributed by atoms with Crippen molar-refractivity contribution in [1.82, 2.24) is 14.7 Å². The summed E-state index contributed by atoms with van der Waals surface area (Å²) in [5.41, 5.74) is 8.54. The lowest BCUT2D eigenvalue weighted by Crippen LogP contribution is -2.32. The number of nitrogens with two attached hydrogens (primary N) is 1. The Balaban J connectivity index is 2.22. The predicted molar refractivity (Wildman–Crippen MR) is 65.1 cm³/mol. The molecule has 16 heavy (non-hydrogen) atoms. The zero-order chi connectivity index (χ0) is 11.7. The standard InChI is InChI=1S/C12H22N4/c1-4-6-16-7-5-10(13)12(16)11-8-9(2)15(3)14-11/h8,10,12H,4-7,13H2,1-3H3/t10-,12-/m1/s1. The topological polar surface area (TPSA) is 47.1 Å². The number of likely N-dealkylation sites (tertiary alicyclic amines) is 1. The van der Waals surface area contributed by atoms with Gasteiger partial charge in [-0.25, -0.2) is 0 Å². The van der Waals surface area contributed by atoms with Crippen LogP contribution in [0.1, 0.15) is 37.2 Å². The molecule has 0 aliphatic carbocycles. The van der Waals surface area contributed by atoms with Crippen molar-refractivity contribution in [3.8, 4) is 0 Å². The summed E-state index contributed by atoms with van der Waals surface area (Å²) in [6.07, 6.45) is 2.26. The van der Waals surface area contributed by atoms with E-state index in [1.807, 2.05) is 11.7 Å². The van der Waals surface area contributed by atoms with Gasteiger partial charge in [0.05, 0.1) is 11.7 Å². The van der Waals surface area contributed by atoms with Crippen molar-refractivity contribution in [2.45, 2.75) is 38.8 Å². The van der Waals surface area contributed by atoms with Crippen LogP contribution >= 0.6 is 0 Å². The molecule has 0 spiro atoms. The largest absolute Gasteiger partial charge is 0.326 e. The minimum atomic E-state index is 0.237. The molecule has 1 saturated heterocycles. The number of nitrogens with zero attached hydrogens (tertiary/aromatic N) is 3. The van der Waals surface area contributed by atoms with E-state index in [2.05, 4.69) is 29.9 Å². The summed E-state index contributed by atoms with van der Waals surface area (Å²) >= 11 is 0. The van der Waals surface area contributed by atoms with E-state index >= 15 is 0 Å². The number of hydrogen-bond acceptors (Lipinski definition) is 3. The highest BCUT2D eigenvalue weighted by molar-refractivity contribution is 5.16. The first-order chi connectivity index (χ1) is 7.63. The second-order valence-corrected chi connectivity index (χ2v) is 4.77. The van der Waals surface area contributed by atoms with Crippen LogP contribution in [-0.2, 0) is 7.05 Å². The van der Waals surface area contributed by atoms with Crippen LogP contribution in [0.15, 0.2) is 6.07 Å². The van der Waals surface area contributed by atoms with Gasteiger partial charge in [0.1, 0.15) is 0 Å². The fourth-order valence-electron chi connectivity index (χ4n) is 2.56. The minimum Gasteiger partial charge on any atom is -0.326 e. The highest BCUT2D eigenvalue weighted by atomic mass is 15.3. The highest BCUT2D eigenvalue weighted by Gasteiger charge is 2.33. The summed E-state index contributed by atoms with van der Waals surface area (Å²) < 4.78 is 1.94. The molecule has 4 heteroatoms. The Hall–Kier alpha value is -0.870. The summed E-state index contributed by atoms with van der Waals surface area (Å²) in [6, 6.07) is 2.72. The van der Waals surface area contributed by atoms with Crippen LogP contribution in [0.2, 0.25) is 0 Å². The fraction of sp³-hybridized carbons (Fsp3) is 0.750. The van der Waals surface area contributed by atoms with Gasteiger partial charge in [0, 0.05) is 25.3 Å². The molecule has 90 valence electrons. The Morgan fingerprint density at radius 1 is 1.56 bits per heavy atom. The lowest BCUT2D eigenvalue weighted by atomic mass is 10.1. The molecule has 0 amide bonds. The maximum Gasteiger partial charge on any atom is 0.0814 e. The third-order valence-corrected chi connectivity index (χ3v) is 3.50. The molecule has 0 radical (unpaired) electrons. The normalized spacial score (nSPS) is 26.5. The zero-order valence-electron chi connectivity index (χ0n) is 10.5. The molecule has 2 N–H and O–H groups in total. The second-order valence-electron chi connectivity index (χ2n) is 4.77. The van der Waals surface area contributed by atoms with Gasteiger partial charge in [0.25, 0.3) is 0 Å². The number of rotatable bonds is 3. The molecular weight excluding hydrogens is 200 g/mol. The lowest BCUT2D eigenvalue weighted by Gasteiger charge is -2.24. The SMILES string of the molecule is CCCN1CC[C@@H](N)[C@@H]1c1cc(C)n(C)n1. The van der Waals surface area contributed by atoms with E-state index in [9.17, 15) is 0 Å². The number of aryl methyl sites for hydroxylation is 2. The van der Waals surface area contributed by atoms with Crippen LogP contribution in [0.4, 0.5) is 0 Å². The van der Waals surface area contributed by atoms with Crippen molar-refractivity contribution < 1.29 is 0 Å². The first kappa shape index (κ1) is 11.6. The molecule has 0 bridgehead atoms. The highest BCUT2D eigenvalue weighted by Crippen LogP contribution is 2.30. The Morgan fingerprint density at radius 3 is 2.88 bits per heavy atom. The van der Waals surface area contributed by atoms with Crippen LogP contribution < -0.4 is 5.73 Å². The molecule has 1 aliphatic heterocycles. The van der Waals surface area contributed by atoms with Crippen molar-refractivity contribution in [2.24, 2.45) is 12.8 Å². The molecule has 0 saturated carbocycles. The van der Waals surface area contributed by atoms with Gasteiger partial charge in [0.15, 0.2) is 0 Å². The first-order valence-electron chi connectivity index (χ1n) is 6.13. The molecule has 1 aromatic rings. The molecule has 2 heterocycles. The monoisotopic (exact) mass is 222 g/mol. The van der Waals surface area contributed by atoms with E-state index in [0.717, 1.165) is 25.2 Å². The van der Waals surface area contributed by atoms with E-state index in [-0.39, 0.29) is 6.04 Å². The molecule has 0 aromatic carbocycles. The number of aromatic nitrogens is 2. The van der Waals surface area contributed by atoms with Crippen LogP contribution in [0.5, 0.6) is 0 Å². The summed E-state index contributed by atoms with van der Waals surface area (Å²) in [7, 11) is 1.99. The summed E-state index contributed by atoms with van der Waals surface area (Å²) in [5, 5.41) is 4.57. The van der Waals surface area contributed by atoms with Gasteiger partial charge < -0.3 is 5.73 Å². The maximum atomic E-state index is 6.20. The molecule has 1 fully saturated rings. The number of hydrogen-bond donors (Lipinski definition) is 1. The van der Waals surface area contributed by atoms with Gasteiger partial charge >= 0.3 is 0 Å². The van der Waals surface area contributed by atoms with Crippen LogP contribution in [0, 0.1) is 6.92 Å². The third-order valence-electron chi connectivity index (χ3n) is 3.50. The third kappa shape index (κ3) is 1.99. The van der Waals surface area contributed by atoms with E-state index in [0.29, 0.717) is 6.04 Å². The van der Waals surface area contributed by atoms with E-state index in [1.54, 1.807) is 0 Å².